The Kier molecular flexibility index (Phi) is 5.89. The van der Waals surface area contributed by atoms with E-state index in [1.165, 1.54) is 17.4 Å². The molecule has 36 heavy (non-hydrogen) atoms. The summed E-state index contributed by atoms with van der Waals surface area (Å²) in [6.45, 7) is 0.817. The van der Waals surface area contributed by atoms with Gasteiger partial charge in [0.25, 0.3) is 0 Å². The van der Waals surface area contributed by atoms with Crippen LogP contribution in [0.2, 0.25) is 0 Å². The number of hydrogen-bond acceptors (Lipinski definition) is 6. The zero-order chi connectivity index (χ0) is 24.9. The fourth-order valence-electron chi connectivity index (χ4n) is 5.10. The molecule has 1 aliphatic rings. The Morgan fingerprint density at radius 2 is 2.06 bits per heavy atom. The first-order valence-electron chi connectivity index (χ1n) is 12.0. The molecule has 7 nitrogen and oxygen atoms in total. The second kappa shape index (κ2) is 9.10. The molecule has 1 N–H and O–H groups in total. The minimum absolute atomic E-state index is 0.271. The van der Waals surface area contributed by atoms with Crippen molar-refractivity contribution in [2.45, 2.75) is 25.3 Å². The molecule has 1 aromatic carbocycles. The first-order chi connectivity index (χ1) is 17.4. The highest BCUT2D eigenvalue weighted by atomic mass is 32.2. The third-order valence-electron chi connectivity index (χ3n) is 7.19. The fraction of sp³-hybridized carbons (Fsp3) is 0.308. The van der Waals surface area contributed by atoms with Gasteiger partial charge < -0.3 is 9.88 Å². The van der Waals surface area contributed by atoms with Crippen LogP contribution in [0.4, 0.5) is 4.39 Å². The molecule has 0 amide bonds. The molecule has 10 heteroatoms. The van der Waals surface area contributed by atoms with Gasteiger partial charge in [-0.15, -0.1) is 11.3 Å². The van der Waals surface area contributed by atoms with Crippen LogP contribution in [0.5, 0.6) is 0 Å². The summed E-state index contributed by atoms with van der Waals surface area (Å²) >= 11 is 1.52. The molecular weight excluding hydrogens is 497 g/mol. The van der Waals surface area contributed by atoms with Crippen molar-refractivity contribution in [3.8, 4) is 17.1 Å². The van der Waals surface area contributed by atoms with Gasteiger partial charge in [-0.3, -0.25) is 4.57 Å². The van der Waals surface area contributed by atoms with Crippen LogP contribution in [0.3, 0.4) is 0 Å². The molecule has 0 saturated carbocycles. The molecule has 1 fully saturated rings. The molecular formula is C26H26FN5O2S2. The lowest BCUT2D eigenvalue weighted by Gasteiger charge is -2.31. The van der Waals surface area contributed by atoms with Gasteiger partial charge in [0.2, 0.25) is 0 Å². The number of thiazole rings is 1. The van der Waals surface area contributed by atoms with Crippen LogP contribution in [0.15, 0.2) is 53.6 Å². The number of nitrogens with zero attached hydrogens (tertiary/aromatic N) is 4. The Hall–Kier alpha value is -3.08. The van der Waals surface area contributed by atoms with Gasteiger partial charge in [0.05, 0.1) is 28.2 Å². The largest absolute Gasteiger partial charge is 0.359 e. The monoisotopic (exact) mass is 523 g/mol. The van der Waals surface area contributed by atoms with Crippen molar-refractivity contribution in [2.75, 3.05) is 25.1 Å². The van der Waals surface area contributed by atoms with Crippen molar-refractivity contribution in [1.82, 2.24) is 24.4 Å². The topological polar surface area (TPSA) is 83.9 Å². The number of aromatic amines is 1. The van der Waals surface area contributed by atoms with Crippen LogP contribution in [0.25, 0.3) is 39.0 Å². The smallest absolute Gasteiger partial charge is 0.150 e. The number of fused-ring (bicyclic) bond motifs is 2. The predicted molar refractivity (Wildman–Crippen MR) is 142 cm³/mol. The summed E-state index contributed by atoms with van der Waals surface area (Å²) in [6.07, 6.45) is 6.00. The van der Waals surface area contributed by atoms with Crippen LogP contribution in [-0.4, -0.2) is 64.0 Å². The van der Waals surface area contributed by atoms with Gasteiger partial charge in [-0.05, 0) is 62.2 Å². The molecule has 186 valence electrons. The van der Waals surface area contributed by atoms with Gasteiger partial charge in [0, 0.05) is 46.7 Å². The number of aromatic nitrogens is 4. The third-order valence-corrected chi connectivity index (χ3v) is 9.48. The zero-order valence-corrected chi connectivity index (χ0v) is 21.4. The van der Waals surface area contributed by atoms with Gasteiger partial charge in [-0.1, -0.05) is 0 Å². The van der Waals surface area contributed by atoms with E-state index in [1.807, 2.05) is 28.1 Å². The maximum absolute atomic E-state index is 14.6. The van der Waals surface area contributed by atoms with Crippen LogP contribution < -0.4 is 0 Å². The fourth-order valence-corrected chi connectivity index (χ4v) is 7.09. The van der Waals surface area contributed by atoms with Crippen LogP contribution in [-0.2, 0) is 16.3 Å². The van der Waals surface area contributed by atoms with Crippen molar-refractivity contribution < 1.29 is 12.8 Å². The summed E-state index contributed by atoms with van der Waals surface area (Å²) in [5, 5.41) is 3.83. The molecule has 1 aliphatic heterocycles. The van der Waals surface area contributed by atoms with E-state index in [2.05, 4.69) is 34.2 Å². The molecule has 6 rings (SSSR count). The summed E-state index contributed by atoms with van der Waals surface area (Å²) in [7, 11) is -0.801. The summed E-state index contributed by atoms with van der Waals surface area (Å²) < 4.78 is 40.3. The summed E-state index contributed by atoms with van der Waals surface area (Å²) in [5.74, 6) is 1.04. The van der Waals surface area contributed by atoms with E-state index in [1.54, 1.807) is 11.7 Å². The minimum Gasteiger partial charge on any atom is -0.359 e. The Morgan fingerprint density at radius 3 is 2.83 bits per heavy atom. The van der Waals surface area contributed by atoms with Crippen molar-refractivity contribution in [3.05, 3.63) is 65.0 Å². The Bertz CT molecular complexity index is 1640. The lowest BCUT2D eigenvalue weighted by atomic mass is 10.1. The second-order valence-electron chi connectivity index (χ2n) is 9.45. The first kappa shape index (κ1) is 23.3. The normalized spacial score (nSPS) is 16.4. The quantitative estimate of drug-likeness (QED) is 0.345. The maximum atomic E-state index is 14.6. The van der Waals surface area contributed by atoms with Gasteiger partial charge >= 0.3 is 0 Å². The highest BCUT2D eigenvalue weighted by molar-refractivity contribution is 7.91. The number of hydrogen-bond donors (Lipinski definition) is 1. The van der Waals surface area contributed by atoms with Crippen LogP contribution in [0.1, 0.15) is 18.4 Å². The van der Waals surface area contributed by atoms with E-state index in [-0.39, 0.29) is 23.4 Å². The number of halogens is 1. The van der Waals surface area contributed by atoms with Crippen molar-refractivity contribution in [2.24, 2.45) is 0 Å². The standard InChI is InChI=1S/C26H26FN5O2S2/c1-31(20-6-10-36(33,34)11-7-20)9-5-18-14-32(24-15-35-16-29-24)26-21(18)2-3-23(30-26)19-12-17-4-8-28-25(17)22(27)13-19/h2-4,8,12-16,20,28H,5-7,9-11H2,1H3. The van der Waals surface area contributed by atoms with Crippen molar-refractivity contribution in [3.63, 3.8) is 0 Å². The summed E-state index contributed by atoms with van der Waals surface area (Å²) in [6, 6.07) is 9.60. The molecule has 0 atom stereocenters. The third kappa shape index (κ3) is 4.33. The number of H-pyrrole nitrogens is 1. The number of nitrogens with one attached hydrogen (secondary N) is 1. The Morgan fingerprint density at radius 1 is 1.22 bits per heavy atom. The highest BCUT2D eigenvalue weighted by Gasteiger charge is 2.26. The lowest BCUT2D eigenvalue weighted by molar-refractivity contribution is 0.229. The van der Waals surface area contributed by atoms with E-state index in [0.717, 1.165) is 46.3 Å². The predicted octanol–water partition coefficient (Wildman–Crippen LogP) is 4.82. The molecule has 0 spiro atoms. The Balaban J connectivity index is 1.33. The Labute approximate surface area is 212 Å². The molecule has 0 unspecified atom stereocenters. The van der Waals surface area contributed by atoms with Gasteiger partial charge in [-0.25, -0.2) is 22.8 Å². The summed E-state index contributed by atoms with van der Waals surface area (Å²) in [5.41, 5.74) is 5.65. The van der Waals surface area contributed by atoms with Gasteiger partial charge in [0.1, 0.15) is 27.1 Å². The number of sulfone groups is 1. The van der Waals surface area contributed by atoms with E-state index >= 15 is 0 Å². The molecule has 5 aromatic rings. The van der Waals surface area contributed by atoms with Crippen molar-refractivity contribution >= 4 is 43.1 Å². The number of likely N-dealkylation sites (N-methyl/N-ethyl adjacent to an activating group) is 1. The van der Waals surface area contributed by atoms with Crippen molar-refractivity contribution in [1.29, 1.82) is 0 Å². The SMILES string of the molecule is CN(CCc1cn(-c2cscn2)c2nc(-c3cc(F)c4[nH]ccc4c3)ccc12)C1CCS(=O)(=O)CC1. The summed E-state index contributed by atoms with van der Waals surface area (Å²) in [4.78, 5) is 14.7. The van der Waals surface area contributed by atoms with Crippen LogP contribution >= 0.6 is 11.3 Å². The number of benzene rings is 1. The molecule has 1 saturated heterocycles. The molecule has 0 bridgehead atoms. The van der Waals surface area contributed by atoms with Gasteiger partial charge in [-0.2, -0.15) is 0 Å². The minimum atomic E-state index is -2.88. The van der Waals surface area contributed by atoms with Gasteiger partial charge in [0.15, 0.2) is 0 Å². The molecule has 4 aromatic heterocycles. The molecule has 0 radical (unpaired) electrons. The number of rotatable bonds is 6. The van der Waals surface area contributed by atoms with E-state index in [0.29, 0.717) is 24.1 Å². The zero-order valence-electron chi connectivity index (χ0n) is 19.8. The van der Waals surface area contributed by atoms with Crippen LogP contribution in [0, 0.1) is 5.82 Å². The highest BCUT2D eigenvalue weighted by Crippen LogP contribution is 2.30. The molecule has 5 heterocycles. The second-order valence-corrected chi connectivity index (χ2v) is 12.5. The van der Waals surface area contributed by atoms with E-state index in [4.69, 9.17) is 4.98 Å². The average Bonchev–Trinajstić information content (AvgIpc) is 3.62. The molecule has 0 aliphatic carbocycles. The number of pyridine rings is 1. The van der Waals surface area contributed by atoms with E-state index < -0.39 is 9.84 Å². The average molecular weight is 524 g/mol. The maximum Gasteiger partial charge on any atom is 0.150 e. The van der Waals surface area contributed by atoms with E-state index in [9.17, 15) is 12.8 Å². The lowest BCUT2D eigenvalue weighted by Crippen LogP contribution is -2.39. The first-order valence-corrected chi connectivity index (χ1v) is 14.7.